The molecule has 0 spiro atoms. The quantitative estimate of drug-likeness (QED) is 0.126. The van der Waals surface area contributed by atoms with E-state index in [4.69, 9.17) is 22.2 Å². The van der Waals surface area contributed by atoms with E-state index in [0.717, 1.165) is 22.9 Å². The van der Waals surface area contributed by atoms with E-state index in [1.54, 1.807) is 30.5 Å². The van der Waals surface area contributed by atoms with Gasteiger partial charge < -0.3 is 15.9 Å². The maximum absolute atomic E-state index is 12.2. The molecular weight excluding hydrogens is 486 g/mol. The summed E-state index contributed by atoms with van der Waals surface area (Å²) in [5, 5.41) is 15.8. The summed E-state index contributed by atoms with van der Waals surface area (Å²) in [4.78, 5) is 12.2. The third-order valence-electron chi connectivity index (χ3n) is 4.63. The Hall–Kier alpha value is -4.02. The first-order chi connectivity index (χ1) is 17.1. The Morgan fingerprint density at radius 1 is 1.09 bits per heavy atom. The number of hydrogen-bond donors (Lipinski definition) is 3. The van der Waals surface area contributed by atoms with Gasteiger partial charge in [0.05, 0.1) is 12.0 Å². The SMILES string of the molecule is Nn1c(N/N=C/c2ccccc2OCc2ccccc2)nnc1SCC(=O)Nc1cccc(Cl)c1. The van der Waals surface area contributed by atoms with Gasteiger partial charge in [0, 0.05) is 16.3 Å². The molecule has 4 N–H and O–H groups in total. The highest BCUT2D eigenvalue weighted by molar-refractivity contribution is 7.99. The Morgan fingerprint density at radius 2 is 1.89 bits per heavy atom. The summed E-state index contributed by atoms with van der Waals surface area (Å²) in [6.45, 7) is 0.446. The molecule has 1 amide bonds. The number of hydrazone groups is 1. The molecule has 0 fully saturated rings. The topological polar surface area (TPSA) is 119 Å². The predicted molar refractivity (Wildman–Crippen MR) is 139 cm³/mol. The molecule has 3 aromatic carbocycles. The second kappa shape index (κ2) is 11.9. The molecule has 4 aromatic rings. The minimum absolute atomic E-state index is 0.0945. The standard InChI is InChI=1S/C24H22ClN7O2S/c25-19-10-6-11-20(13-19)28-22(33)16-35-24-31-30-23(32(24)26)29-27-14-18-9-4-5-12-21(18)34-15-17-7-2-1-3-8-17/h1-14H,15-16,26H2,(H,28,33)(H,29,30)/b27-14+. The Kier molecular flexibility index (Phi) is 8.21. The Labute approximate surface area is 211 Å². The summed E-state index contributed by atoms with van der Waals surface area (Å²) >= 11 is 7.08. The molecule has 4 rings (SSSR count). The van der Waals surface area contributed by atoms with Crippen LogP contribution in [-0.2, 0) is 11.4 Å². The van der Waals surface area contributed by atoms with Gasteiger partial charge in [-0.2, -0.15) is 5.10 Å². The lowest BCUT2D eigenvalue weighted by atomic mass is 10.2. The number of nitrogen functional groups attached to an aromatic ring is 1. The van der Waals surface area contributed by atoms with Gasteiger partial charge in [-0.15, -0.1) is 10.2 Å². The number of rotatable bonds is 10. The van der Waals surface area contributed by atoms with Crippen molar-refractivity contribution in [1.29, 1.82) is 0 Å². The van der Waals surface area contributed by atoms with E-state index in [9.17, 15) is 4.79 Å². The number of nitrogens with one attached hydrogen (secondary N) is 2. The molecule has 0 aliphatic rings. The van der Waals surface area contributed by atoms with E-state index in [2.05, 4.69) is 26.0 Å². The van der Waals surface area contributed by atoms with Crippen molar-refractivity contribution in [3.63, 3.8) is 0 Å². The van der Waals surface area contributed by atoms with E-state index < -0.39 is 0 Å². The van der Waals surface area contributed by atoms with Crippen molar-refractivity contribution < 1.29 is 9.53 Å². The molecule has 35 heavy (non-hydrogen) atoms. The van der Waals surface area contributed by atoms with Gasteiger partial charge in [-0.05, 0) is 35.9 Å². The maximum atomic E-state index is 12.2. The molecule has 11 heteroatoms. The average Bonchev–Trinajstić information content (AvgIpc) is 3.22. The number of benzene rings is 3. The minimum Gasteiger partial charge on any atom is -0.488 e. The van der Waals surface area contributed by atoms with Crippen LogP contribution in [0.15, 0.2) is 89.1 Å². The zero-order chi connectivity index (χ0) is 24.5. The van der Waals surface area contributed by atoms with Crippen molar-refractivity contribution in [1.82, 2.24) is 14.9 Å². The summed E-state index contributed by atoms with van der Waals surface area (Å²) in [6, 6.07) is 24.4. The van der Waals surface area contributed by atoms with Gasteiger partial charge in [0.2, 0.25) is 11.1 Å². The number of ether oxygens (including phenoxy) is 1. The summed E-state index contributed by atoms with van der Waals surface area (Å²) in [5.41, 5.74) is 5.23. The normalized spacial score (nSPS) is 10.9. The van der Waals surface area contributed by atoms with Crippen molar-refractivity contribution in [3.05, 3.63) is 95.0 Å². The molecule has 1 aromatic heterocycles. The van der Waals surface area contributed by atoms with Crippen molar-refractivity contribution in [2.24, 2.45) is 5.10 Å². The molecule has 0 radical (unpaired) electrons. The molecule has 1 heterocycles. The fraction of sp³-hybridized carbons (Fsp3) is 0.0833. The number of nitrogens with two attached hydrogens (primary N) is 1. The number of carbonyl (C=O) groups excluding carboxylic acids is 1. The fourth-order valence-corrected chi connectivity index (χ4v) is 3.81. The van der Waals surface area contributed by atoms with E-state index in [1.165, 1.54) is 4.68 Å². The molecule has 0 atom stereocenters. The molecule has 9 nitrogen and oxygen atoms in total. The maximum Gasteiger partial charge on any atom is 0.264 e. The van der Waals surface area contributed by atoms with Crippen molar-refractivity contribution >= 4 is 47.1 Å². The van der Waals surface area contributed by atoms with Gasteiger partial charge in [0.1, 0.15) is 12.4 Å². The van der Waals surface area contributed by atoms with Crippen LogP contribution >= 0.6 is 23.4 Å². The number of hydrogen-bond acceptors (Lipinski definition) is 8. The average molecular weight is 508 g/mol. The zero-order valence-electron chi connectivity index (χ0n) is 18.5. The zero-order valence-corrected chi connectivity index (χ0v) is 20.0. The van der Waals surface area contributed by atoms with Crippen LogP contribution in [0.25, 0.3) is 0 Å². The number of amides is 1. The van der Waals surface area contributed by atoms with Gasteiger partial charge in [0.25, 0.3) is 5.95 Å². The van der Waals surface area contributed by atoms with E-state index in [1.807, 2.05) is 54.6 Å². The number of para-hydroxylation sites is 1. The Balaban J connectivity index is 1.31. The van der Waals surface area contributed by atoms with Crippen LogP contribution in [0, 0.1) is 0 Å². The molecule has 0 unspecified atom stereocenters. The van der Waals surface area contributed by atoms with Crippen molar-refractivity contribution in [2.75, 3.05) is 22.3 Å². The second-order valence-electron chi connectivity index (χ2n) is 7.21. The predicted octanol–water partition coefficient (Wildman–Crippen LogP) is 4.40. The molecule has 0 bridgehead atoms. The van der Waals surface area contributed by atoms with E-state index >= 15 is 0 Å². The van der Waals surface area contributed by atoms with E-state index in [0.29, 0.717) is 28.2 Å². The molecule has 0 aliphatic heterocycles. The van der Waals surface area contributed by atoms with Crippen LogP contribution in [0.4, 0.5) is 11.6 Å². The first-order valence-corrected chi connectivity index (χ1v) is 11.9. The lowest BCUT2D eigenvalue weighted by molar-refractivity contribution is -0.113. The van der Waals surface area contributed by atoms with E-state index in [-0.39, 0.29) is 17.6 Å². The molecule has 0 aliphatic carbocycles. The van der Waals surface area contributed by atoms with Crippen molar-refractivity contribution in [3.8, 4) is 5.75 Å². The summed E-state index contributed by atoms with van der Waals surface area (Å²) in [6.07, 6.45) is 1.61. The van der Waals surface area contributed by atoms with Crippen LogP contribution in [0.2, 0.25) is 5.02 Å². The molecular formula is C24H22ClN7O2S. The molecule has 0 saturated carbocycles. The van der Waals surface area contributed by atoms with Gasteiger partial charge >= 0.3 is 0 Å². The van der Waals surface area contributed by atoms with Gasteiger partial charge in [-0.3, -0.25) is 4.79 Å². The molecule has 178 valence electrons. The molecule has 0 saturated heterocycles. The highest BCUT2D eigenvalue weighted by atomic mass is 35.5. The number of thioether (sulfide) groups is 1. The van der Waals surface area contributed by atoms with Gasteiger partial charge in [-0.1, -0.05) is 71.9 Å². The minimum atomic E-state index is -0.222. The number of halogens is 1. The Bertz CT molecular complexity index is 1310. The Morgan fingerprint density at radius 3 is 2.71 bits per heavy atom. The summed E-state index contributed by atoms with van der Waals surface area (Å²) < 4.78 is 7.16. The van der Waals surface area contributed by atoms with Gasteiger partial charge in [0.15, 0.2) is 0 Å². The lowest BCUT2D eigenvalue weighted by Gasteiger charge is -2.09. The highest BCUT2D eigenvalue weighted by Gasteiger charge is 2.12. The third kappa shape index (κ3) is 6.98. The van der Waals surface area contributed by atoms with Crippen molar-refractivity contribution in [2.45, 2.75) is 11.8 Å². The first kappa shape index (κ1) is 24.1. The summed E-state index contributed by atoms with van der Waals surface area (Å²) in [5.74, 6) is 6.83. The van der Waals surface area contributed by atoms with Crippen LogP contribution in [0.1, 0.15) is 11.1 Å². The van der Waals surface area contributed by atoms with Gasteiger partial charge in [-0.25, -0.2) is 10.1 Å². The number of nitrogens with zero attached hydrogens (tertiary/aromatic N) is 4. The number of carbonyl (C=O) groups is 1. The van der Waals surface area contributed by atoms with Crippen LogP contribution in [-0.4, -0.2) is 32.7 Å². The monoisotopic (exact) mass is 507 g/mol. The lowest BCUT2D eigenvalue weighted by Crippen LogP contribution is -2.16. The second-order valence-corrected chi connectivity index (χ2v) is 8.58. The number of anilines is 2. The van der Waals surface area contributed by atoms with Crippen LogP contribution in [0.5, 0.6) is 5.75 Å². The fourth-order valence-electron chi connectivity index (χ4n) is 2.96. The highest BCUT2D eigenvalue weighted by Crippen LogP contribution is 2.20. The van der Waals surface area contributed by atoms with Crippen LogP contribution in [0.3, 0.4) is 0 Å². The smallest absolute Gasteiger partial charge is 0.264 e. The number of aromatic nitrogens is 3. The largest absolute Gasteiger partial charge is 0.488 e. The first-order valence-electron chi connectivity index (χ1n) is 10.5. The van der Waals surface area contributed by atoms with Crippen LogP contribution < -0.4 is 21.3 Å². The third-order valence-corrected chi connectivity index (χ3v) is 5.81. The summed E-state index contributed by atoms with van der Waals surface area (Å²) in [7, 11) is 0.